The van der Waals surface area contributed by atoms with Crippen LogP contribution in [0.1, 0.15) is 0 Å². The van der Waals surface area contributed by atoms with Crippen LogP contribution in [0.2, 0.25) is 0 Å². The van der Waals surface area contributed by atoms with E-state index in [0.29, 0.717) is 13.2 Å². The fourth-order valence-corrected chi connectivity index (χ4v) is 0.589. The highest BCUT2D eigenvalue weighted by molar-refractivity contribution is 5.47. The predicted molar refractivity (Wildman–Crippen MR) is 27.9 cm³/mol. The molecule has 1 aliphatic heterocycles. The van der Waals surface area contributed by atoms with Gasteiger partial charge >= 0.3 is 0 Å². The van der Waals surface area contributed by atoms with Crippen molar-refractivity contribution in [3.05, 3.63) is 6.61 Å². The molecule has 1 amide bonds. The van der Waals surface area contributed by atoms with Crippen molar-refractivity contribution in [1.82, 2.24) is 4.90 Å². The molecule has 1 fully saturated rings. The zero-order valence-electron chi connectivity index (χ0n) is 4.54. The first-order valence-electron chi connectivity index (χ1n) is 2.56. The van der Waals surface area contributed by atoms with Crippen molar-refractivity contribution >= 4 is 6.41 Å². The number of morpholine rings is 1. The topological polar surface area (TPSA) is 29.5 Å². The summed E-state index contributed by atoms with van der Waals surface area (Å²) >= 11 is 0. The van der Waals surface area contributed by atoms with Crippen LogP contribution in [0.15, 0.2) is 0 Å². The molecule has 3 heteroatoms. The zero-order chi connectivity index (χ0) is 5.82. The van der Waals surface area contributed by atoms with E-state index in [1.807, 2.05) is 0 Å². The van der Waals surface area contributed by atoms with Gasteiger partial charge in [-0.2, -0.15) is 0 Å². The van der Waals surface area contributed by atoms with E-state index in [2.05, 4.69) is 0 Å². The maximum absolute atomic E-state index is 10.0. The molecule has 1 radical (unpaired) electrons. The highest BCUT2D eigenvalue weighted by Gasteiger charge is 2.05. The quantitative estimate of drug-likeness (QED) is 0.435. The Morgan fingerprint density at radius 3 is 3.00 bits per heavy atom. The van der Waals surface area contributed by atoms with Crippen molar-refractivity contribution in [1.29, 1.82) is 0 Å². The smallest absolute Gasteiger partial charge is 0.209 e. The third kappa shape index (κ3) is 1.20. The predicted octanol–water partition coefficient (Wildman–Crippen LogP) is -0.363. The molecular formula is C5H8NO2. The Kier molecular flexibility index (Phi) is 1.86. The van der Waals surface area contributed by atoms with Crippen LogP contribution in [0.3, 0.4) is 0 Å². The summed E-state index contributed by atoms with van der Waals surface area (Å²) in [5.74, 6) is 0. The van der Waals surface area contributed by atoms with E-state index in [4.69, 9.17) is 4.74 Å². The number of carbonyl (C=O) groups excluding carboxylic acids is 1. The minimum Gasteiger partial charge on any atom is -0.372 e. The lowest BCUT2D eigenvalue weighted by Gasteiger charge is -2.21. The van der Waals surface area contributed by atoms with Crippen molar-refractivity contribution in [3.63, 3.8) is 0 Å². The molecule has 0 spiro atoms. The van der Waals surface area contributed by atoms with Crippen molar-refractivity contribution < 1.29 is 9.53 Å². The standard InChI is InChI=1S/C5H8NO2/c7-5-6-1-3-8-4-2-6/h3,5H,1-2,4H2. The first kappa shape index (κ1) is 5.56. The van der Waals surface area contributed by atoms with Gasteiger partial charge in [-0.1, -0.05) is 0 Å². The van der Waals surface area contributed by atoms with Crippen molar-refractivity contribution in [2.75, 3.05) is 19.7 Å². The molecule has 0 unspecified atom stereocenters. The van der Waals surface area contributed by atoms with E-state index in [1.54, 1.807) is 11.5 Å². The van der Waals surface area contributed by atoms with Gasteiger partial charge in [0.05, 0.1) is 6.61 Å². The summed E-state index contributed by atoms with van der Waals surface area (Å²) in [7, 11) is 0. The minimum absolute atomic E-state index is 0.628. The monoisotopic (exact) mass is 114 g/mol. The summed E-state index contributed by atoms with van der Waals surface area (Å²) in [5.41, 5.74) is 0. The van der Waals surface area contributed by atoms with Gasteiger partial charge in [-0.05, 0) is 0 Å². The van der Waals surface area contributed by atoms with E-state index in [9.17, 15) is 4.79 Å². The third-order valence-electron chi connectivity index (χ3n) is 1.07. The Morgan fingerprint density at radius 2 is 2.62 bits per heavy atom. The lowest BCUT2D eigenvalue weighted by atomic mass is 10.5. The van der Waals surface area contributed by atoms with Crippen LogP contribution in [-0.2, 0) is 9.53 Å². The molecule has 0 aromatic heterocycles. The highest BCUT2D eigenvalue weighted by Crippen LogP contribution is 1.95. The summed E-state index contributed by atoms with van der Waals surface area (Å²) in [5, 5.41) is 0. The average molecular weight is 114 g/mol. The molecule has 0 aliphatic carbocycles. The zero-order valence-corrected chi connectivity index (χ0v) is 4.54. The lowest BCUT2D eigenvalue weighted by Crippen LogP contribution is -2.32. The Labute approximate surface area is 48.2 Å². The molecule has 0 N–H and O–H groups in total. The second kappa shape index (κ2) is 2.67. The third-order valence-corrected chi connectivity index (χ3v) is 1.07. The van der Waals surface area contributed by atoms with Gasteiger partial charge in [0, 0.05) is 13.1 Å². The minimum atomic E-state index is 0.628. The number of rotatable bonds is 1. The molecule has 3 nitrogen and oxygen atoms in total. The number of hydrogen-bond donors (Lipinski definition) is 0. The summed E-state index contributed by atoms with van der Waals surface area (Å²) in [6.07, 6.45) is 0.832. The van der Waals surface area contributed by atoms with Crippen LogP contribution in [-0.4, -0.2) is 31.0 Å². The summed E-state index contributed by atoms with van der Waals surface area (Å²) in [6.45, 7) is 3.63. The number of carbonyl (C=O) groups is 1. The lowest BCUT2D eigenvalue weighted by molar-refractivity contribution is -0.120. The van der Waals surface area contributed by atoms with Crippen molar-refractivity contribution in [2.45, 2.75) is 0 Å². The fourth-order valence-electron chi connectivity index (χ4n) is 0.589. The van der Waals surface area contributed by atoms with Gasteiger partial charge in [-0.3, -0.25) is 4.79 Å². The molecule has 1 heterocycles. The molecule has 0 aromatic rings. The Hall–Kier alpha value is -0.570. The van der Waals surface area contributed by atoms with Gasteiger partial charge in [0.15, 0.2) is 0 Å². The van der Waals surface area contributed by atoms with Crippen LogP contribution in [0.4, 0.5) is 0 Å². The van der Waals surface area contributed by atoms with Gasteiger partial charge in [0.2, 0.25) is 6.41 Å². The molecule has 0 bridgehead atoms. The van der Waals surface area contributed by atoms with Crippen LogP contribution < -0.4 is 0 Å². The Morgan fingerprint density at radius 1 is 1.75 bits per heavy atom. The van der Waals surface area contributed by atoms with Gasteiger partial charge in [0.25, 0.3) is 0 Å². The van der Waals surface area contributed by atoms with E-state index in [0.717, 1.165) is 13.0 Å². The van der Waals surface area contributed by atoms with Crippen molar-refractivity contribution in [3.8, 4) is 0 Å². The highest BCUT2D eigenvalue weighted by atomic mass is 16.5. The van der Waals surface area contributed by atoms with Crippen LogP contribution in [0.5, 0.6) is 0 Å². The molecule has 8 heavy (non-hydrogen) atoms. The summed E-state index contributed by atoms with van der Waals surface area (Å²) in [4.78, 5) is 11.7. The number of amides is 1. The second-order valence-corrected chi connectivity index (χ2v) is 1.64. The summed E-state index contributed by atoms with van der Waals surface area (Å²) < 4.78 is 4.88. The number of nitrogens with zero attached hydrogens (tertiary/aromatic N) is 1. The Bertz CT molecular complexity index is 78.5. The maximum Gasteiger partial charge on any atom is 0.209 e. The molecule has 1 saturated heterocycles. The Balaban J connectivity index is 2.22. The summed E-state index contributed by atoms with van der Waals surface area (Å²) in [6, 6.07) is 0. The van der Waals surface area contributed by atoms with Gasteiger partial charge in [0.1, 0.15) is 6.61 Å². The van der Waals surface area contributed by atoms with Gasteiger partial charge < -0.3 is 9.64 Å². The van der Waals surface area contributed by atoms with Gasteiger partial charge in [-0.15, -0.1) is 0 Å². The molecule has 0 saturated carbocycles. The van der Waals surface area contributed by atoms with Gasteiger partial charge in [-0.25, -0.2) is 0 Å². The van der Waals surface area contributed by atoms with E-state index < -0.39 is 0 Å². The fraction of sp³-hybridized carbons (Fsp3) is 0.600. The SMILES string of the molecule is O=CN1C[CH]OCC1. The number of hydrogen-bond acceptors (Lipinski definition) is 2. The van der Waals surface area contributed by atoms with E-state index >= 15 is 0 Å². The number of ether oxygens (including phenoxy) is 1. The van der Waals surface area contributed by atoms with Crippen LogP contribution in [0, 0.1) is 6.61 Å². The first-order chi connectivity index (χ1) is 3.93. The maximum atomic E-state index is 10.0. The molecule has 1 rings (SSSR count). The molecule has 45 valence electrons. The molecule has 0 atom stereocenters. The van der Waals surface area contributed by atoms with Crippen LogP contribution in [0.25, 0.3) is 0 Å². The molecular weight excluding hydrogens is 106 g/mol. The molecule has 0 aromatic carbocycles. The van der Waals surface area contributed by atoms with Crippen molar-refractivity contribution in [2.24, 2.45) is 0 Å². The first-order valence-corrected chi connectivity index (χ1v) is 2.56. The molecule has 1 aliphatic rings. The van der Waals surface area contributed by atoms with E-state index in [1.165, 1.54) is 0 Å². The second-order valence-electron chi connectivity index (χ2n) is 1.64. The largest absolute Gasteiger partial charge is 0.372 e. The van der Waals surface area contributed by atoms with E-state index in [-0.39, 0.29) is 0 Å². The average Bonchev–Trinajstić information content (AvgIpc) is 1.90. The van der Waals surface area contributed by atoms with Crippen LogP contribution >= 0.6 is 0 Å². The normalized spacial score (nSPS) is 20.8.